The molecule has 1 aromatic carbocycles. The Kier molecular flexibility index (Phi) is 6.07. The minimum absolute atomic E-state index is 0.0113. The minimum Gasteiger partial charge on any atom is -0.465 e. The number of esters is 1. The Morgan fingerprint density at radius 1 is 1.26 bits per heavy atom. The Morgan fingerprint density at radius 2 is 1.89 bits per heavy atom. The third-order valence-corrected chi connectivity index (χ3v) is 3.56. The van der Waals surface area contributed by atoms with E-state index < -0.39 is 0 Å². The summed E-state index contributed by atoms with van der Waals surface area (Å²) in [6, 6.07) is 10.5. The van der Waals surface area contributed by atoms with E-state index in [1.807, 2.05) is 19.9 Å². The molecule has 1 rings (SSSR count). The molecular weight excluding hydrogens is 236 g/mol. The van der Waals surface area contributed by atoms with Gasteiger partial charge in [0.15, 0.2) is 0 Å². The maximum absolute atomic E-state index is 11.6. The SMILES string of the molecule is CCC(C)C(=O)OCCC(C)(C)Cc1ccccc1. The van der Waals surface area contributed by atoms with Crippen molar-refractivity contribution in [2.45, 2.75) is 47.0 Å². The molecule has 0 aromatic heterocycles. The molecule has 0 saturated carbocycles. The van der Waals surface area contributed by atoms with Gasteiger partial charge in [0.25, 0.3) is 0 Å². The van der Waals surface area contributed by atoms with Gasteiger partial charge in [-0.3, -0.25) is 4.79 Å². The number of carbonyl (C=O) groups excluding carboxylic acids is 1. The van der Waals surface area contributed by atoms with Crippen molar-refractivity contribution < 1.29 is 9.53 Å². The van der Waals surface area contributed by atoms with Crippen molar-refractivity contribution in [2.24, 2.45) is 11.3 Å². The van der Waals surface area contributed by atoms with Gasteiger partial charge in [-0.25, -0.2) is 0 Å². The maximum Gasteiger partial charge on any atom is 0.308 e. The summed E-state index contributed by atoms with van der Waals surface area (Å²) in [4.78, 5) is 11.6. The van der Waals surface area contributed by atoms with Gasteiger partial charge in [-0.15, -0.1) is 0 Å². The Morgan fingerprint density at radius 3 is 2.47 bits per heavy atom. The monoisotopic (exact) mass is 262 g/mol. The van der Waals surface area contributed by atoms with Gasteiger partial charge in [0.05, 0.1) is 12.5 Å². The van der Waals surface area contributed by atoms with Crippen LogP contribution in [0.15, 0.2) is 30.3 Å². The third kappa shape index (κ3) is 5.91. The first kappa shape index (κ1) is 15.7. The van der Waals surface area contributed by atoms with Crippen LogP contribution in [0.3, 0.4) is 0 Å². The molecule has 1 aromatic rings. The molecular formula is C17H26O2. The van der Waals surface area contributed by atoms with E-state index in [0.717, 1.165) is 19.3 Å². The van der Waals surface area contributed by atoms with Gasteiger partial charge in [0, 0.05) is 0 Å². The van der Waals surface area contributed by atoms with Crippen LogP contribution in [0.5, 0.6) is 0 Å². The van der Waals surface area contributed by atoms with Crippen molar-refractivity contribution in [1.29, 1.82) is 0 Å². The Labute approximate surface area is 117 Å². The average molecular weight is 262 g/mol. The second-order valence-electron chi connectivity index (χ2n) is 6.05. The molecule has 0 heterocycles. The summed E-state index contributed by atoms with van der Waals surface area (Å²) < 4.78 is 5.33. The zero-order chi connectivity index (χ0) is 14.3. The molecule has 19 heavy (non-hydrogen) atoms. The van der Waals surface area contributed by atoms with Gasteiger partial charge in [-0.1, -0.05) is 58.0 Å². The van der Waals surface area contributed by atoms with E-state index >= 15 is 0 Å². The van der Waals surface area contributed by atoms with Crippen molar-refractivity contribution >= 4 is 5.97 Å². The lowest BCUT2D eigenvalue weighted by molar-refractivity contribution is -0.148. The number of hydrogen-bond acceptors (Lipinski definition) is 2. The molecule has 0 bridgehead atoms. The fraction of sp³-hybridized carbons (Fsp3) is 0.588. The Bertz CT molecular complexity index is 382. The maximum atomic E-state index is 11.6. The van der Waals surface area contributed by atoms with Crippen molar-refractivity contribution in [2.75, 3.05) is 6.61 Å². The fourth-order valence-electron chi connectivity index (χ4n) is 1.97. The van der Waals surface area contributed by atoms with Crippen molar-refractivity contribution in [3.8, 4) is 0 Å². The number of ether oxygens (including phenoxy) is 1. The highest BCUT2D eigenvalue weighted by Crippen LogP contribution is 2.26. The Hall–Kier alpha value is -1.31. The lowest BCUT2D eigenvalue weighted by Crippen LogP contribution is -2.21. The van der Waals surface area contributed by atoms with E-state index in [0.29, 0.717) is 6.61 Å². The molecule has 2 heteroatoms. The molecule has 0 radical (unpaired) electrons. The van der Waals surface area contributed by atoms with Crippen LogP contribution < -0.4 is 0 Å². The summed E-state index contributed by atoms with van der Waals surface area (Å²) in [5.74, 6) is -0.0600. The van der Waals surface area contributed by atoms with Gasteiger partial charge < -0.3 is 4.74 Å². The lowest BCUT2D eigenvalue weighted by atomic mass is 9.83. The predicted octanol–water partition coefficient (Wildman–Crippen LogP) is 4.23. The first-order valence-corrected chi connectivity index (χ1v) is 7.15. The Balaban J connectivity index is 2.37. The molecule has 0 aliphatic heterocycles. The first-order valence-electron chi connectivity index (χ1n) is 7.15. The van der Waals surface area contributed by atoms with Crippen LogP contribution in [0.4, 0.5) is 0 Å². The van der Waals surface area contributed by atoms with Crippen LogP contribution in [0, 0.1) is 11.3 Å². The topological polar surface area (TPSA) is 26.3 Å². The number of benzene rings is 1. The predicted molar refractivity (Wildman–Crippen MR) is 79.0 cm³/mol. The number of hydrogen-bond donors (Lipinski definition) is 0. The van der Waals surface area contributed by atoms with E-state index in [-0.39, 0.29) is 17.3 Å². The smallest absolute Gasteiger partial charge is 0.308 e. The normalized spacial score (nSPS) is 13.1. The molecule has 0 spiro atoms. The summed E-state index contributed by atoms with van der Waals surface area (Å²) in [5.41, 5.74) is 1.48. The molecule has 106 valence electrons. The van der Waals surface area contributed by atoms with Crippen molar-refractivity contribution in [3.63, 3.8) is 0 Å². The van der Waals surface area contributed by atoms with Gasteiger partial charge in [-0.05, 0) is 30.2 Å². The summed E-state index contributed by atoms with van der Waals surface area (Å²) >= 11 is 0. The van der Waals surface area contributed by atoms with E-state index in [4.69, 9.17) is 4.74 Å². The largest absolute Gasteiger partial charge is 0.465 e. The van der Waals surface area contributed by atoms with E-state index in [2.05, 4.69) is 38.1 Å². The van der Waals surface area contributed by atoms with Gasteiger partial charge in [0.2, 0.25) is 0 Å². The molecule has 2 nitrogen and oxygen atoms in total. The van der Waals surface area contributed by atoms with Crippen LogP contribution in [-0.2, 0) is 16.0 Å². The van der Waals surface area contributed by atoms with Crippen molar-refractivity contribution in [3.05, 3.63) is 35.9 Å². The highest BCUT2D eigenvalue weighted by Gasteiger charge is 2.20. The average Bonchev–Trinajstić information content (AvgIpc) is 2.38. The molecule has 0 N–H and O–H groups in total. The van der Waals surface area contributed by atoms with Crippen molar-refractivity contribution in [1.82, 2.24) is 0 Å². The van der Waals surface area contributed by atoms with E-state index in [1.54, 1.807) is 0 Å². The molecule has 0 amide bonds. The van der Waals surface area contributed by atoms with E-state index in [1.165, 1.54) is 5.56 Å². The summed E-state index contributed by atoms with van der Waals surface area (Å²) in [6.07, 6.45) is 2.74. The highest BCUT2D eigenvalue weighted by molar-refractivity contribution is 5.71. The minimum atomic E-state index is -0.0713. The molecule has 0 saturated heterocycles. The zero-order valence-electron chi connectivity index (χ0n) is 12.6. The second kappa shape index (κ2) is 7.32. The third-order valence-electron chi connectivity index (χ3n) is 3.56. The van der Waals surface area contributed by atoms with Gasteiger partial charge >= 0.3 is 5.97 Å². The number of rotatable bonds is 7. The van der Waals surface area contributed by atoms with Crippen LogP contribution in [-0.4, -0.2) is 12.6 Å². The van der Waals surface area contributed by atoms with Crippen LogP contribution in [0.2, 0.25) is 0 Å². The summed E-state index contributed by atoms with van der Waals surface area (Å²) in [6.45, 7) is 8.87. The zero-order valence-corrected chi connectivity index (χ0v) is 12.6. The van der Waals surface area contributed by atoms with Crippen LogP contribution in [0.1, 0.15) is 46.1 Å². The first-order chi connectivity index (χ1) is 8.94. The number of carbonyl (C=O) groups is 1. The highest BCUT2D eigenvalue weighted by atomic mass is 16.5. The second-order valence-corrected chi connectivity index (χ2v) is 6.05. The summed E-state index contributed by atoms with van der Waals surface area (Å²) in [5, 5.41) is 0. The van der Waals surface area contributed by atoms with Gasteiger partial charge in [-0.2, -0.15) is 0 Å². The summed E-state index contributed by atoms with van der Waals surface area (Å²) in [7, 11) is 0. The standard InChI is InChI=1S/C17H26O2/c1-5-14(2)16(18)19-12-11-17(3,4)13-15-9-7-6-8-10-15/h6-10,14H,5,11-13H2,1-4H3. The van der Waals surface area contributed by atoms with Gasteiger partial charge in [0.1, 0.15) is 0 Å². The molecule has 1 atom stereocenters. The fourth-order valence-corrected chi connectivity index (χ4v) is 1.97. The van der Waals surface area contributed by atoms with Crippen LogP contribution in [0.25, 0.3) is 0 Å². The van der Waals surface area contributed by atoms with E-state index in [9.17, 15) is 4.79 Å². The molecule has 0 aliphatic rings. The molecule has 0 aliphatic carbocycles. The van der Waals surface area contributed by atoms with Crippen LogP contribution >= 0.6 is 0 Å². The molecule has 1 unspecified atom stereocenters. The quantitative estimate of drug-likeness (QED) is 0.687. The lowest BCUT2D eigenvalue weighted by Gasteiger charge is -2.24. The molecule has 0 fully saturated rings.